The molecule has 3 aliphatic rings. The van der Waals surface area contributed by atoms with Gasteiger partial charge in [-0.2, -0.15) is 0 Å². The molecule has 1 heterocycles. The van der Waals surface area contributed by atoms with Crippen LogP contribution in [0.2, 0.25) is 0 Å². The molecule has 3 unspecified atom stereocenters. The lowest BCUT2D eigenvalue weighted by Crippen LogP contribution is -2.45. The highest BCUT2D eigenvalue weighted by atomic mass is 16.5. The van der Waals surface area contributed by atoms with Crippen molar-refractivity contribution in [2.24, 2.45) is 11.8 Å². The summed E-state index contributed by atoms with van der Waals surface area (Å²) in [5.41, 5.74) is 4.71. The standard InChI is InChI=1S/C27H30N2O5/c30-25(31)14-18-7-5-6-12-29(18)26(32)23-13-17(23)15-28-27(33)34-16-24-21-10-3-1-8-19(21)20-9-2-4-11-22(20)24/h1-4,8-11,17-18,23-24H,5-7,12-16H2,(H,28,33)(H,30,31). The fourth-order valence-electron chi connectivity index (χ4n) is 5.56. The summed E-state index contributed by atoms with van der Waals surface area (Å²) in [6.07, 6.45) is 2.87. The van der Waals surface area contributed by atoms with Crippen molar-refractivity contribution >= 4 is 18.0 Å². The van der Waals surface area contributed by atoms with Crippen molar-refractivity contribution in [2.75, 3.05) is 19.7 Å². The van der Waals surface area contributed by atoms with Gasteiger partial charge in [-0.1, -0.05) is 48.5 Å². The molecule has 1 aliphatic heterocycles. The van der Waals surface area contributed by atoms with Gasteiger partial charge in [-0.25, -0.2) is 4.79 Å². The van der Waals surface area contributed by atoms with Crippen LogP contribution in [0.15, 0.2) is 48.5 Å². The van der Waals surface area contributed by atoms with Gasteiger partial charge in [0.15, 0.2) is 0 Å². The normalized spacial score (nSPS) is 23.1. The van der Waals surface area contributed by atoms with Gasteiger partial charge in [-0.3, -0.25) is 9.59 Å². The summed E-state index contributed by atoms with van der Waals surface area (Å²) in [4.78, 5) is 38.3. The lowest BCUT2D eigenvalue weighted by molar-refractivity contribution is -0.142. The van der Waals surface area contributed by atoms with Gasteiger partial charge in [0, 0.05) is 31.0 Å². The molecule has 5 rings (SSSR count). The second kappa shape index (κ2) is 9.49. The predicted molar refractivity (Wildman–Crippen MR) is 126 cm³/mol. The molecular weight excluding hydrogens is 432 g/mol. The fourth-order valence-corrected chi connectivity index (χ4v) is 5.56. The van der Waals surface area contributed by atoms with E-state index >= 15 is 0 Å². The minimum Gasteiger partial charge on any atom is -0.481 e. The Morgan fingerprint density at radius 3 is 2.35 bits per heavy atom. The van der Waals surface area contributed by atoms with Crippen molar-refractivity contribution in [1.82, 2.24) is 10.2 Å². The first-order chi connectivity index (χ1) is 16.5. The number of carboxylic acids is 1. The molecule has 7 heteroatoms. The first-order valence-corrected chi connectivity index (χ1v) is 12.1. The SMILES string of the molecule is O=C(O)CC1CCCCN1C(=O)C1CC1CNC(=O)OCC1c2ccccc2-c2ccccc21. The molecule has 1 saturated carbocycles. The number of nitrogens with zero attached hydrogens (tertiary/aromatic N) is 1. The lowest BCUT2D eigenvalue weighted by atomic mass is 9.98. The van der Waals surface area contributed by atoms with Crippen LogP contribution in [0, 0.1) is 11.8 Å². The smallest absolute Gasteiger partial charge is 0.407 e. The average molecular weight is 463 g/mol. The number of fused-ring (bicyclic) bond motifs is 3. The maximum atomic E-state index is 12.9. The second-order valence-corrected chi connectivity index (χ2v) is 9.59. The molecule has 0 radical (unpaired) electrons. The quantitative estimate of drug-likeness (QED) is 0.648. The fraction of sp³-hybridized carbons (Fsp3) is 0.444. The number of nitrogens with one attached hydrogen (secondary N) is 1. The van der Waals surface area contributed by atoms with E-state index < -0.39 is 12.1 Å². The van der Waals surface area contributed by atoms with Gasteiger partial charge in [-0.15, -0.1) is 0 Å². The van der Waals surface area contributed by atoms with Crippen LogP contribution < -0.4 is 5.32 Å². The highest BCUT2D eigenvalue weighted by Gasteiger charge is 2.46. The maximum Gasteiger partial charge on any atom is 0.407 e. The third-order valence-corrected chi connectivity index (χ3v) is 7.41. The van der Waals surface area contributed by atoms with Gasteiger partial charge in [0.2, 0.25) is 5.91 Å². The van der Waals surface area contributed by atoms with Crippen molar-refractivity contribution in [3.63, 3.8) is 0 Å². The Labute approximate surface area is 199 Å². The lowest BCUT2D eigenvalue weighted by Gasteiger charge is -2.35. The number of carbonyl (C=O) groups is 3. The van der Waals surface area contributed by atoms with Crippen molar-refractivity contribution in [3.05, 3.63) is 59.7 Å². The van der Waals surface area contributed by atoms with Gasteiger partial charge >= 0.3 is 12.1 Å². The summed E-state index contributed by atoms with van der Waals surface area (Å²) in [6, 6.07) is 16.2. The highest BCUT2D eigenvalue weighted by Crippen LogP contribution is 2.44. The van der Waals surface area contributed by atoms with Gasteiger partial charge in [-0.05, 0) is 53.9 Å². The summed E-state index contributed by atoms with van der Waals surface area (Å²) in [5.74, 6) is -0.874. The van der Waals surface area contributed by atoms with E-state index in [9.17, 15) is 14.4 Å². The average Bonchev–Trinajstić information content (AvgIpc) is 3.56. The van der Waals surface area contributed by atoms with E-state index in [1.165, 1.54) is 22.3 Å². The molecule has 7 nitrogen and oxygen atoms in total. The van der Waals surface area contributed by atoms with Crippen molar-refractivity contribution in [2.45, 2.75) is 44.1 Å². The van der Waals surface area contributed by atoms with E-state index in [2.05, 4.69) is 29.6 Å². The summed E-state index contributed by atoms with van der Waals surface area (Å²) < 4.78 is 5.58. The number of benzene rings is 2. The molecule has 2 aromatic carbocycles. The number of amides is 2. The number of ether oxygens (including phenoxy) is 1. The number of carboxylic acid groups (broad SMARTS) is 1. The van der Waals surface area contributed by atoms with Crippen molar-refractivity contribution in [1.29, 1.82) is 0 Å². The Hall–Kier alpha value is -3.35. The molecule has 1 saturated heterocycles. The number of hydrogen-bond donors (Lipinski definition) is 2. The minimum atomic E-state index is -0.867. The Balaban J connectivity index is 1.11. The molecule has 2 N–H and O–H groups in total. The van der Waals surface area contributed by atoms with E-state index in [1.54, 1.807) is 4.90 Å². The number of hydrogen-bond acceptors (Lipinski definition) is 4. The summed E-state index contributed by atoms with van der Waals surface area (Å²) in [7, 11) is 0. The molecule has 2 aliphatic carbocycles. The van der Waals surface area contributed by atoms with Gasteiger partial charge in [0.25, 0.3) is 0 Å². The van der Waals surface area contributed by atoms with E-state index in [-0.39, 0.29) is 42.7 Å². The van der Waals surface area contributed by atoms with E-state index in [0.717, 1.165) is 25.7 Å². The van der Waals surface area contributed by atoms with Crippen molar-refractivity contribution < 1.29 is 24.2 Å². The molecule has 3 atom stereocenters. The van der Waals surface area contributed by atoms with Gasteiger partial charge in [0.1, 0.15) is 6.61 Å². The van der Waals surface area contributed by atoms with Crippen molar-refractivity contribution in [3.8, 4) is 11.1 Å². The van der Waals surface area contributed by atoms with E-state index in [0.29, 0.717) is 13.1 Å². The Kier molecular flexibility index (Phi) is 6.26. The minimum absolute atomic E-state index is 0.00112. The van der Waals surface area contributed by atoms with Crippen LogP contribution >= 0.6 is 0 Å². The summed E-state index contributed by atoms with van der Waals surface area (Å²) >= 11 is 0. The summed E-state index contributed by atoms with van der Waals surface area (Å²) in [6.45, 7) is 1.28. The zero-order valence-electron chi connectivity index (χ0n) is 19.1. The number of aliphatic carboxylic acids is 1. The zero-order valence-corrected chi connectivity index (χ0v) is 19.1. The van der Waals surface area contributed by atoms with Crippen LogP contribution in [-0.2, 0) is 14.3 Å². The van der Waals surface area contributed by atoms with Crippen LogP contribution in [0.5, 0.6) is 0 Å². The molecular formula is C27H30N2O5. The maximum absolute atomic E-state index is 12.9. The summed E-state index contributed by atoms with van der Waals surface area (Å²) in [5, 5.41) is 12.0. The number of rotatable bonds is 7. The highest BCUT2D eigenvalue weighted by molar-refractivity contribution is 5.83. The van der Waals surface area contributed by atoms with Crippen LogP contribution in [0.3, 0.4) is 0 Å². The zero-order chi connectivity index (χ0) is 23.7. The third kappa shape index (κ3) is 4.52. The van der Waals surface area contributed by atoms with Gasteiger partial charge < -0.3 is 20.1 Å². The molecule has 2 aromatic rings. The van der Waals surface area contributed by atoms with Crippen LogP contribution in [-0.4, -0.2) is 53.7 Å². The Morgan fingerprint density at radius 2 is 1.68 bits per heavy atom. The molecule has 0 aromatic heterocycles. The monoisotopic (exact) mass is 462 g/mol. The second-order valence-electron chi connectivity index (χ2n) is 9.59. The van der Waals surface area contributed by atoms with Crippen LogP contribution in [0.4, 0.5) is 4.79 Å². The molecule has 0 spiro atoms. The molecule has 178 valence electrons. The third-order valence-electron chi connectivity index (χ3n) is 7.41. The van der Waals surface area contributed by atoms with Crippen LogP contribution in [0.1, 0.15) is 49.1 Å². The number of alkyl carbamates (subject to hydrolysis) is 1. The molecule has 2 fully saturated rings. The predicted octanol–water partition coefficient (Wildman–Crippen LogP) is 4.02. The largest absolute Gasteiger partial charge is 0.481 e. The topological polar surface area (TPSA) is 95.9 Å². The number of carbonyl (C=O) groups excluding carboxylic acids is 2. The number of piperidine rings is 1. The first-order valence-electron chi connectivity index (χ1n) is 12.1. The molecule has 0 bridgehead atoms. The van der Waals surface area contributed by atoms with E-state index in [4.69, 9.17) is 9.84 Å². The van der Waals surface area contributed by atoms with Gasteiger partial charge in [0.05, 0.1) is 6.42 Å². The first kappa shape index (κ1) is 22.4. The Bertz CT molecular complexity index is 1050. The molecule has 34 heavy (non-hydrogen) atoms. The van der Waals surface area contributed by atoms with Crippen LogP contribution in [0.25, 0.3) is 11.1 Å². The molecule has 2 amide bonds. The number of likely N-dealkylation sites (tertiary alicyclic amines) is 1. The van der Waals surface area contributed by atoms with E-state index in [1.807, 2.05) is 24.3 Å². The Morgan fingerprint density at radius 1 is 1.00 bits per heavy atom.